The van der Waals surface area contributed by atoms with Crippen LogP contribution in [0.4, 0.5) is 10.3 Å². The van der Waals surface area contributed by atoms with E-state index in [1.54, 1.807) is 11.3 Å². The molecule has 0 saturated carbocycles. The van der Waals surface area contributed by atoms with Gasteiger partial charge in [0, 0.05) is 5.56 Å². The number of hydrogen-bond acceptors (Lipinski definition) is 5. The maximum atomic E-state index is 12.8. The lowest BCUT2D eigenvalue weighted by Gasteiger charge is -2.12. The predicted octanol–water partition coefficient (Wildman–Crippen LogP) is 4.22. The molecule has 3 rings (SSSR count). The van der Waals surface area contributed by atoms with Gasteiger partial charge in [-0.15, -0.1) is 11.3 Å². The normalized spacial score (nSPS) is 12.1. The average Bonchev–Trinajstić information content (AvgIpc) is 2.92. The van der Waals surface area contributed by atoms with Crippen molar-refractivity contribution in [3.63, 3.8) is 0 Å². The van der Waals surface area contributed by atoms with E-state index in [1.807, 2.05) is 44.2 Å². The summed E-state index contributed by atoms with van der Waals surface area (Å²) < 4.78 is 12.8. The minimum atomic E-state index is -0.446. The van der Waals surface area contributed by atoms with E-state index in [0.717, 1.165) is 33.5 Å². The number of rotatable bonds is 4. The summed E-state index contributed by atoms with van der Waals surface area (Å²) in [5.74, 6) is -0.0403. The third kappa shape index (κ3) is 3.12. The summed E-state index contributed by atoms with van der Waals surface area (Å²) in [6.45, 7) is 4.00. The lowest BCUT2D eigenvalue weighted by atomic mass is 10.2. The van der Waals surface area contributed by atoms with E-state index >= 15 is 0 Å². The molecule has 2 aromatic heterocycles. The largest absolute Gasteiger partial charge is 0.347 e. The number of hydrogen-bond donors (Lipinski definition) is 1. The zero-order valence-electron chi connectivity index (χ0n) is 12.2. The summed E-state index contributed by atoms with van der Waals surface area (Å²) in [6, 6.07) is 10.1. The minimum Gasteiger partial charge on any atom is -0.347 e. The van der Waals surface area contributed by atoms with E-state index in [-0.39, 0.29) is 6.04 Å². The first kappa shape index (κ1) is 14.6. The quantitative estimate of drug-likeness (QED) is 0.783. The highest BCUT2D eigenvalue weighted by Crippen LogP contribution is 2.32. The topological polar surface area (TPSA) is 50.7 Å². The van der Waals surface area contributed by atoms with Crippen molar-refractivity contribution in [3.8, 4) is 10.6 Å². The Morgan fingerprint density at radius 1 is 1.14 bits per heavy atom. The number of nitrogens with zero attached hydrogens (tertiary/aromatic N) is 3. The zero-order chi connectivity index (χ0) is 15.5. The molecule has 0 radical (unpaired) electrons. The zero-order valence-corrected chi connectivity index (χ0v) is 13.1. The number of thiazole rings is 1. The van der Waals surface area contributed by atoms with Crippen LogP contribution in [-0.2, 0) is 0 Å². The van der Waals surface area contributed by atoms with Crippen LogP contribution in [0, 0.1) is 12.7 Å². The van der Waals surface area contributed by atoms with Gasteiger partial charge in [0.15, 0.2) is 5.82 Å². The van der Waals surface area contributed by atoms with Crippen molar-refractivity contribution in [1.29, 1.82) is 0 Å². The fourth-order valence-electron chi connectivity index (χ4n) is 2.16. The highest BCUT2D eigenvalue weighted by molar-refractivity contribution is 7.15. The molecule has 2 heterocycles. The van der Waals surface area contributed by atoms with Crippen LogP contribution in [0.5, 0.6) is 0 Å². The van der Waals surface area contributed by atoms with Crippen LogP contribution in [0.3, 0.4) is 0 Å². The first-order chi connectivity index (χ1) is 10.6. The predicted molar refractivity (Wildman–Crippen MR) is 86.3 cm³/mol. The molecule has 0 unspecified atom stereocenters. The Balaban J connectivity index is 1.82. The summed E-state index contributed by atoms with van der Waals surface area (Å²) in [6.07, 6.45) is 2.30. The fourth-order valence-corrected chi connectivity index (χ4v) is 3.23. The van der Waals surface area contributed by atoms with E-state index in [0.29, 0.717) is 5.95 Å². The molecule has 0 spiro atoms. The molecule has 112 valence electrons. The molecular formula is C16H15FN4S. The van der Waals surface area contributed by atoms with Crippen molar-refractivity contribution >= 4 is 17.3 Å². The van der Waals surface area contributed by atoms with Crippen LogP contribution >= 0.6 is 11.3 Å². The second-order valence-corrected chi connectivity index (χ2v) is 5.96. The number of halogens is 1. The molecule has 0 bridgehead atoms. The van der Waals surface area contributed by atoms with Gasteiger partial charge in [-0.1, -0.05) is 30.3 Å². The Morgan fingerprint density at radius 2 is 1.82 bits per heavy atom. The van der Waals surface area contributed by atoms with Crippen LogP contribution in [0.1, 0.15) is 23.5 Å². The molecule has 6 heteroatoms. The van der Waals surface area contributed by atoms with E-state index in [2.05, 4.69) is 20.3 Å². The van der Waals surface area contributed by atoms with Gasteiger partial charge in [0.05, 0.1) is 29.0 Å². The SMILES string of the molecule is Cc1nc(-c2ccccc2)sc1[C@@H](C)Nc1ncc(F)cn1. The van der Waals surface area contributed by atoms with Gasteiger partial charge in [0.1, 0.15) is 5.01 Å². The standard InChI is InChI=1S/C16H15FN4S/c1-10-14(11(2)21-16-18-8-13(17)9-19-16)22-15(20-10)12-6-4-3-5-7-12/h3-9,11H,1-2H3,(H,18,19,21)/t11-/m1/s1. The highest BCUT2D eigenvalue weighted by Gasteiger charge is 2.16. The van der Waals surface area contributed by atoms with Crippen molar-refractivity contribution < 1.29 is 4.39 Å². The maximum absolute atomic E-state index is 12.8. The number of nitrogens with one attached hydrogen (secondary N) is 1. The van der Waals surface area contributed by atoms with Gasteiger partial charge in [-0.3, -0.25) is 0 Å². The van der Waals surface area contributed by atoms with Crippen molar-refractivity contribution in [2.45, 2.75) is 19.9 Å². The van der Waals surface area contributed by atoms with Gasteiger partial charge in [-0.05, 0) is 13.8 Å². The van der Waals surface area contributed by atoms with E-state index in [9.17, 15) is 4.39 Å². The summed E-state index contributed by atoms with van der Waals surface area (Å²) in [5, 5.41) is 4.16. The lowest BCUT2D eigenvalue weighted by molar-refractivity contribution is 0.613. The third-order valence-electron chi connectivity index (χ3n) is 3.21. The van der Waals surface area contributed by atoms with Crippen LogP contribution in [0.2, 0.25) is 0 Å². The monoisotopic (exact) mass is 314 g/mol. The van der Waals surface area contributed by atoms with Crippen molar-refractivity contribution in [2.24, 2.45) is 0 Å². The molecule has 0 aliphatic heterocycles. The summed E-state index contributed by atoms with van der Waals surface area (Å²) in [4.78, 5) is 13.6. The molecule has 1 N–H and O–H groups in total. The van der Waals surface area contributed by atoms with Crippen LogP contribution in [0.25, 0.3) is 10.6 Å². The van der Waals surface area contributed by atoms with Crippen LogP contribution in [0.15, 0.2) is 42.7 Å². The Bertz CT molecular complexity index is 756. The second-order valence-electron chi connectivity index (χ2n) is 4.93. The average molecular weight is 314 g/mol. The Labute approximate surface area is 132 Å². The molecule has 0 fully saturated rings. The van der Waals surface area contributed by atoms with E-state index in [4.69, 9.17) is 0 Å². The second kappa shape index (κ2) is 6.19. The third-order valence-corrected chi connectivity index (χ3v) is 4.60. The molecule has 0 saturated heterocycles. The van der Waals surface area contributed by atoms with Crippen LogP contribution in [-0.4, -0.2) is 15.0 Å². The van der Waals surface area contributed by atoms with E-state index in [1.165, 1.54) is 0 Å². The molecule has 3 aromatic rings. The minimum absolute atomic E-state index is 0.000392. The maximum Gasteiger partial charge on any atom is 0.223 e. The first-order valence-electron chi connectivity index (χ1n) is 6.90. The van der Waals surface area contributed by atoms with Crippen molar-refractivity contribution in [2.75, 3.05) is 5.32 Å². The van der Waals surface area contributed by atoms with Gasteiger partial charge < -0.3 is 5.32 Å². The van der Waals surface area contributed by atoms with Gasteiger partial charge in [0.25, 0.3) is 0 Å². The molecule has 0 amide bonds. The molecule has 4 nitrogen and oxygen atoms in total. The molecular weight excluding hydrogens is 299 g/mol. The molecule has 1 atom stereocenters. The molecule has 1 aromatic carbocycles. The van der Waals surface area contributed by atoms with E-state index < -0.39 is 5.82 Å². The number of aryl methyl sites for hydroxylation is 1. The summed E-state index contributed by atoms with van der Waals surface area (Å²) in [7, 11) is 0. The smallest absolute Gasteiger partial charge is 0.223 e. The summed E-state index contributed by atoms with van der Waals surface area (Å²) in [5.41, 5.74) is 2.08. The molecule has 0 aliphatic rings. The van der Waals surface area contributed by atoms with Gasteiger partial charge >= 0.3 is 0 Å². The highest BCUT2D eigenvalue weighted by atomic mass is 32.1. The summed E-state index contributed by atoms with van der Waals surface area (Å²) >= 11 is 1.64. The lowest BCUT2D eigenvalue weighted by Crippen LogP contribution is -2.09. The Hall–Kier alpha value is -2.34. The Kier molecular flexibility index (Phi) is 4.11. The molecule has 0 aliphatic carbocycles. The van der Waals surface area contributed by atoms with Crippen LogP contribution < -0.4 is 5.32 Å². The number of aromatic nitrogens is 3. The van der Waals surface area contributed by atoms with Crippen molar-refractivity contribution in [1.82, 2.24) is 15.0 Å². The first-order valence-corrected chi connectivity index (χ1v) is 7.72. The van der Waals surface area contributed by atoms with Crippen molar-refractivity contribution in [3.05, 3.63) is 59.1 Å². The van der Waals surface area contributed by atoms with Gasteiger partial charge in [0.2, 0.25) is 5.95 Å². The number of benzene rings is 1. The van der Waals surface area contributed by atoms with Gasteiger partial charge in [-0.2, -0.15) is 0 Å². The Morgan fingerprint density at radius 3 is 2.50 bits per heavy atom. The number of anilines is 1. The fraction of sp³-hybridized carbons (Fsp3) is 0.188. The molecule has 22 heavy (non-hydrogen) atoms. The van der Waals surface area contributed by atoms with Gasteiger partial charge in [-0.25, -0.2) is 19.3 Å².